The van der Waals surface area contributed by atoms with Gasteiger partial charge in [0.2, 0.25) is 0 Å². The summed E-state index contributed by atoms with van der Waals surface area (Å²) < 4.78 is 19.4. The Morgan fingerprint density at radius 1 is 1.39 bits per heavy atom. The molecule has 0 aliphatic rings. The Labute approximate surface area is 117 Å². The van der Waals surface area contributed by atoms with Gasteiger partial charge in [0.05, 0.1) is 0 Å². The van der Waals surface area contributed by atoms with E-state index in [1.807, 2.05) is 20.0 Å². The van der Waals surface area contributed by atoms with E-state index in [4.69, 9.17) is 4.74 Å². The number of likely N-dealkylation sites (N-methyl/N-ethyl adjacent to an activating group) is 1. The van der Waals surface area contributed by atoms with Crippen molar-refractivity contribution in [2.45, 2.75) is 32.2 Å². The Morgan fingerprint density at radius 2 is 2.17 bits per heavy atom. The van der Waals surface area contributed by atoms with Crippen molar-refractivity contribution in [2.24, 2.45) is 0 Å². The van der Waals surface area contributed by atoms with Gasteiger partial charge in [-0.05, 0) is 57.0 Å². The molecular weight excluding hydrogens is 297 g/mol. The third kappa shape index (κ3) is 5.94. The minimum Gasteiger partial charge on any atom is -0.382 e. The average Bonchev–Trinajstić information content (AvgIpc) is 2.32. The standard InChI is InChI=1S/C14H21BrFNO/c1-3-18-6-4-5-14(17-2)9-11-7-12(15)10-13(16)8-11/h7-8,10,14,17H,3-6,9H2,1-2H3. The Bertz CT molecular complexity index is 339. The van der Waals surface area contributed by atoms with Gasteiger partial charge in [-0.2, -0.15) is 0 Å². The Morgan fingerprint density at radius 3 is 2.78 bits per heavy atom. The maximum Gasteiger partial charge on any atom is 0.124 e. The van der Waals surface area contributed by atoms with Crippen LogP contribution in [0.15, 0.2) is 22.7 Å². The van der Waals surface area contributed by atoms with Crippen molar-refractivity contribution in [3.8, 4) is 0 Å². The fourth-order valence-corrected chi connectivity index (χ4v) is 2.45. The number of hydrogen-bond acceptors (Lipinski definition) is 2. The lowest BCUT2D eigenvalue weighted by molar-refractivity contribution is 0.141. The number of nitrogens with one attached hydrogen (secondary N) is 1. The summed E-state index contributed by atoms with van der Waals surface area (Å²) in [6.07, 6.45) is 2.89. The molecule has 0 aromatic heterocycles. The molecule has 0 radical (unpaired) electrons. The largest absolute Gasteiger partial charge is 0.382 e. The first kappa shape index (κ1) is 15.6. The number of benzene rings is 1. The van der Waals surface area contributed by atoms with Gasteiger partial charge in [0.1, 0.15) is 5.82 Å². The maximum absolute atomic E-state index is 13.3. The van der Waals surface area contributed by atoms with Crippen LogP contribution in [0.1, 0.15) is 25.3 Å². The zero-order valence-corrected chi connectivity index (χ0v) is 12.6. The normalized spacial score (nSPS) is 12.7. The summed E-state index contributed by atoms with van der Waals surface area (Å²) in [5.41, 5.74) is 1.01. The van der Waals surface area contributed by atoms with Gasteiger partial charge in [-0.1, -0.05) is 15.9 Å². The van der Waals surface area contributed by atoms with Crippen molar-refractivity contribution in [2.75, 3.05) is 20.3 Å². The molecule has 0 saturated heterocycles. The minimum absolute atomic E-state index is 0.191. The van der Waals surface area contributed by atoms with Crippen molar-refractivity contribution in [1.29, 1.82) is 0 Å². The molecule has 1 rings (SSSR count). The monoisotopic (exact) mass is 317 g/mol. The zero-order valence-electron chi connectivity index (χ0n) is 11.0. The van der Waals surface area contributed by atoms with E-state index in [1.54, 1.807) is 6.07 Å². The molecule has 1 unspecified atom stereocenters. The average molecular weight is 318 g/mol. The summed E-state index contributed by atoms with van der Waals surface area (Å²) in [5, 5.41) is 3.27. The fourth-order valence-electron chi connectivity index (χ4n) is 1.94. The second kappa shape index (κ2) is 8.62. The van der Waals surface area contributed by atoms with Gasteiger partial charge in [-0.15, -0.1) is 0 Å². The van der Waals surface area contributed by atoms with E-state index in [-0.39, 0.29) is 5.82 Å². The number of hydrogen-bond donors (Lipinski definition) is 1. The third-order valence-electron chi connectivity index (χ3n) is 2.86. The maximum atomic E-state index is 13.3. The Balaban J connectivity index is 2.46. The van der Waals surface area contributed by atoms with Crippen LogP contribution in [0.5, 0.6) is 0 Å². The summed E-state index contributed by atoms with van der Waals surface area (Å²) in [6, 6.07) is 5.40. The number of ether oxygens (including phenoxy) is 1. The fraction of sp³-hybridized carbons (Fsp3) is 0.571. The van der Waals surface area contributed by atoms with Crippen molar-refractivity contribution in [3.63, 3.8) is 0 Å². The predicted molar refractivity (Wildman–Crippen MR) is 76.4 cm³/mol. The molecule has 1 aromatic carbocycles. The van der Waals surface area contributed by atoms with Gasteiger partial charge in [0, 0.05) is 23.7 Å². The van der Waals surface area contributed by atoms with Gasteiger partial charge < -0.3 is 10.1 Å². The van der Waals surface area contributed by atoms with E-state index < -0.39 is 0 Å². The molecular formula is C14H21BrFNO. The highest BCUT2D eigenvalue weighted by Gasteiger charge is 2.08. The molecule has 4 heteroatoms. The summed E-state index contributed by atoms with van der Waals surface area (Å²) >= 11 is 3.32. The lowest BCUT2D eigenvalue weighted by Gasteiger charge is -2.16. The highest BCUT2D eigenvalue weighted by atomic mass is 79.9. The molecule has 1 atom stereocenters. The van der Waals surface area contributed by atoms with Gasteiger partial charge in [-0.25, -0.2) is 4.39 Å². The van der Waals surface area contributed by atoms with Crippen molar-refractivity contribution in [1.82, 2.24) is 5.32 Å². The summed E-state index contributed by atoms with van der Waals surface area (Å²) in [4.78, 5) is 0. The first-order valence-electron chi connectivity index (χ1n) is 6.35. The van der Waals surface area contributed by atoms with Crippen LogP contribution < -0.4 is 5.32 Å². The van der Waals surface area contributed by atoms with Gasteiger partial charge in [0.25, 0.3) is 0 Å². The Kier molecular flexibility index (Phi) is 7.47. The van der Waals surface area contributed by atoms with E-state index in [2.05, 4.69) is 21.2 Å². The molecule has 0 bridgehead atoms. The van der Waals surface area contributed by atoms with Crippen molar-refractivity contribution >= 4 is 15.9 Å². The molecule has 0 fully saturated rings. The topological polar surface area (TPSA) is 21.3 Å². The minimum atomic E-state index is -0.191. The van der Waals surface area contributed by atoms with Gasteiger partial charge in [-0.3, -0.25) is 0 Å². The van der Waals surface area contributed by atoms with Gasteiger partial charge >= 0.3 is 0 Å². The van der Waals surface area contributed by atoms with Crippen molar-refractivity contribution in [3.05, 3.63) is 34.1 Å². The predicted octanol–water partition coefficient (Wildman–Crippen LogP) is 3.54. The Hall–Kier alpha value is -0.450. The third-order valence-corrected chi connectivity index (χ3v) is 3.32. The van der Waals surface area contributed by atoms with Crippen LogP contribution in [0.25, 0.3) is 0 Å². The van der Waals surface area contributed by atoms with E-state index in [0.717, 1.165) is 42.5 Å². The lowest BCUT2D eigenvalue weighted by atomic mass is 10.0. The molecule has 2 nitrogen and oxygen atoms in total. The number of rotatable bonds is 8. The first-order chi connectivity index (χ1) is 8.65. The molecule has 1 N–H and O–H groups in total. The van der Waals surface area contributed by atoms with Gasteiger partial charge in [0.15, 0.2) is 0 Å². The van der Waals surface area contributed by atoms with Crippen LogP contribution in [-0.2, 0) is 11.2 Å². The molecule has 102 valence electrons. The van der Waals surface area contributed by atoms with E-state index in [0.29, 0.717) is 6.04 Å². The molecule has 0 spiro atoms. The molecule has 0 aliphatic carbocycles. The number of halogens is 2. The van der Waals surface area contributed by atoms with Crippen LogP contribution in [0.2, 0.25) is 0 Å². The van der Waals surface area contributed by atoms with Crippen LogP contribution in [-0.4, -0.2) is 26.3 Å². The molecule has 0 heterocycles. The van der Waals surface area contributed by atoms with E-state index in [9.17, 15) is 4.39 Å². The lowest BCUT2D eigenvalue weighted by Crippen LogP contribution is -2.28. The summed E-state index contributed by atoms with van der Waals surface area (Å²) in [6.45, 7) is 3.56. The molecule has 18 heavy (non-hydrogen) atoms. The van der Waals surface area contributed by atoms with Crippen LogP contribution in [0.3, 0.4) is 0 Å². The zero-order chi connectivity index (χ0) is 13.4. The molecule has 0 amide bonds. The second-order valence-electron chi connectivity index (χ2n) is 4.31. The van der Waals surface area contributed by atoms with Crippen LogP contribution >= 0.6 is 15.9 Å². The smallest absolute Gasteiger partial charge is 0.124 e. The van der Waals surface area contributed by atoms with Crippen LogP contribution in [0.4, 0.5) is 4.39 Å². The van der Waals surface area contributed by atoms with E-state index in [1.165, 1.54) is 6.07 Å². The van der Waals surface area contributed by atoms with E-state index >= 15 is 0 Å². The molecule has 1 aromatic rings. The second-order valence-corrected chi connectivity index (χ2v) is 5.22. The molecule has 0 aliphatic heterocycles. The highest BCUT2D eigenvalue weighted by Crippen LogP contribution is 2.17. The van der Waals surface area contributed by atoms with Crippen LogP contribution in [0, 0.1) is 5.82 Å². The SMILES string of the molecule is CCOCCCC(Cc1cc(F)cc(Br)c1)NC. The molecule has 0 saturated carbocycles. The highest BCUT2D eigenvalue weighted by molar-refractivity contribution is 9.10. The quantitative estimate of drug-likeness (QED) is 0.740. The van der Waals surface area contributed by atoms with Crippen molar-refractivity contribution < 1.29 is 9.13 Å². The summed E-state index contributed by atoms with van der Waals surface area (Å²) in [5.74, 6) is -0.191. The summed E-state index contributed by atoms with van der Waals surface area (Å²) in [7, 11) is 1.94. The first-order valence-corrected chi connectivity index (χ1v) is 7.15.